The average molecular weight is 233 g/mol. The molecule has 0 bridgehead atoms. The van der Waals surface area contributed by atoms with Gasteiger partial charge < -0.3 is 10.4 Å². The first kappa shape index (κ1) is 11.1. The lowest BCUT2D eigenvalue weighted by molar-refractivity contribution is 0.0690. The van der Waals surface area contributed by atoms with Crippen LogP contribution in [0, 0.1) is 0 Å². The van der Waals surface area contributed by atoms with Crippen molar-refractivity contribution in [1.29, 1.82) is 0 Å². The largest absolute Gasteiger partial charge is 0.476 e. The lowest BCUT2D eigenvalue weighted by atomic mass is 10.4. The maximum Gasteiger partial charge on any atom is 0.356 e. The summed E-state index contributed by atoms with van der Waals surface area (Å²) in [5, 5.41) is 15.7. The van der Waals surface area contributed by atoms with Gasteiger partial charge in [-0.2, -0.15) is 5.10 Å². The monoisotopic (exact) mass is 233 g/mol. The summed E-state index contributed by atoms with van der Waals surface area (Å²) in [6.45, 7) is 1.35. The fourth-order valence-electron chi connectivity index (χ4n) is 1.26. The fourth-order valence-corrected chi connectivity index (χ4v) is 1.26. The van der Waals surface area contributed by atoms with Gasteiger partial charge >= 0.3 is 5.97 Å². The third-order valence-corrected chi connectivity index (χ3v) is 2.08. The molecule has 2 heterocycles. The Balaban J connectivity index is 1.85. The zero-order valence-corrected chi connectivity index (χ0v) is 8.95. The van der Waals surface area contributed by atoms with Crippen molar-refractivity contribution in [3.63, 3.8) is 0 Å². The van der Waals surface area contributed by atoms with Crippen molar-refractivity contribution in [2.75, 3.05) is 11.9 Å². The molecule has 0 aliphatic carbocycles. The first-order valence-corrected chi connectivity index (χ1v) is 5.02. The minimum Gasteiger partial charge on any atom is -0.476 e. The van der Waals surface area contributed by atoms with Gasteiger partial charge in [-0.3, -0.25) is 4.68 Å². The molecule has 7 heteroatoms. The van der Waals surface area contributed by atoms with Crippen LogP contribution in [0.15, 0.2) is 30.9 Å². The Morgan fingerprint density at radius 3 is 2.88 bits per heavy atom. The second kappa shape index (κ2) is 5.06. The number of hydrogen-bond acceptors (Lipinski definition) is 5. The van der Waals surface area contributed by atoms with E-state index in [0.29, 0.717) is 18.9 Å². The van der Waals surface area contributed by atoms with E-state index in [9.17, 15) is 4.79 Å². The summed E-state index contributed by atoms with van der Waals surface area (Å²) < 4.78 is 1.78. The zero-order chi connectivity index (χ0) is 12.1. The summed E-state index contributed by atoms with van der Waals surface area (Å²) in [7, 11) is 0. The standard InChI is InChI=1S/C10H11N5O2/c16-10(17)8-6-13-9(7-12-8)11-3-5-15-4-1-2-14-15/h1-2,4,6-7H,3,5H2,(H,11,13)(H,16,17). The number of carboxylic acids is 1. The Bertz CT molecular complexity index is 480. The molecule has 88 valence electrons. The number of carboxylic acid groups (broad SMARTS) is 1. The molecule has 0 saturated carbocycles. The second-order valence-electron chi connectivity index (χ2n) is 3.29. The highest BCUT2D eigenvalue weighted by Crippen LogP contribution is 2.00. The summed E-state index contributed by atoms with van der Waals surface area (Å²) in [5.74, 6) is -0.539. The molecule has 0 saturated heterocycles. The van der Waals surface area contributed by atoms with Crippen LogP contribution in [0.2, 0.25) is 0 Å². The number of aromatic nitrogens is 4. The first-order valence-electron chi connectivity index (χ1n) is 5.02. The van der Waals surface area contributed by atoms with Crippen LogP contribution in [-0.4, -0.2) is 37.4 Å². The van der Waals surface area contributed by atoms with Crippen molar-refractivity contribution in [3.05, 3.63) is 36.5 Å². The number of anilines is 1. The highest BCUT2D eigenvalue weighted by molar-refractivity contribution is 5.84. The number of hydrogen-bond donors (Lipinski definition) is 2. The Kier molecular flexibility index (Phi) is 3.29. The van der Waals surface area contributed by atoms with Crippen LogP contribution in [0.1, 0.15) is 10.5 Å². The molecule has 17 heavy (non-hydrogen) atoms. The van der Waals surface area contributed by atoms with Crippen LogP contribution >= 0.6 is 0 Å². The normalized spacial score (nSPS) is 10.1. The van der Waals surface area contributed by atoms with E-state index in [1.54, 1.807) is 10.9 Å². The number of aromatic carboxylic acids is 1. The van der Waals surface area contributed by atoms with Crippen molar-refractivity contribution in [1.82, 2.24) is 19.7 Å². The van der Waals surface area contributed by atoms with Crippen LogP contribution < -0.4 is 5.32 Å². The highest BCUT2D eigenvalue weighted by atomic mass is 16.4. The van der Waals surface area contributed by atoms with Gasteiger partial charge in [0.25, 0.3) is 0 Å². The van der Waals surface area contributed by atoms with E-state index in [4.69, 9.17) is 5.11 Å². The smallest absolute Gasteiger partial charge is 0.356 e. The van der Waals surface area contributed by atoms with Crippen LogP contribution in [0.5, 0.6) is 0 Å². The van der Waals surface area contributed by atoms with Gasteiger partial charge in [-0.25, -0.2) is 14.8 Å². The summed E-state index contributed by atoms with van der Waals surface area (Å²) in [6.07, 6.45) is 6.19. The summed E-state index contributed by atoms with van der Waals surface area (Å²) in [6, 6.07) is 1.85. The summed E-state index contributed by atoms with van der Waals surface area (Å²) in [4.78, 5) is 18.2. The minimum absolute atomic E-state index is 0.0670. The van der Waals surface area contributed by atoms with Crippen molar-refractivity contribution >= 4 is 11.8 Å². The predicted molar refractivity (Wildman–Crippen MR) is 59.7 cm³/mol. The molecular formula is C10H11N5O2. The molecule has 2 N–H and O–H groups in total. The van der Waals surface area contributed by atoms with Gasteiger partial charge in [-0.1, -0.05) is 0 Å². The van der Waals surface area contributed by atoms with Gasteiger partial charge in [0.15, 0.2) is 5.69 Å². The van der Waals surface area contributed by atoms with Gasteiger partial charge in [0, 0.05) is 18.9 Å². The molecule has 7 nitrogen and oxygen atoms in total. The second-order valence-corrected chi connectivity index (χ2v) is 3.29. The molecule has 0 atom stereocenters. The Morgan fingerprint density at radius 1 is 1.41 bits per heavy atom. The number of nitrogens with zero attached hydrogens (tertiary/aromatic N) is 4. The lowest BCUT2D eigenvalue weighted by Gasteiger charge is -2.05. The summed E-state index contributed by atoms with van der Waals surface area (Å²) in [5.41, 5.74) is -0.0670. The molecule has 2 aromatic rings. The fraction of sp³-hybridized carbons (Fsp3) is 0.200. The molecule has 0 unspecified atom stereocenters. The average Bonchev–Trinajstić information content (AvgIpc) is 2.83. The third-order valence-electron chi connectivity index (χ3n) is 2.08. The molecule has 0 fully saturated rings. The van der Waals surface area contributed by atoms with E-state index in [1.165, 1.54) is 12.4 Å². The van der Waals surface area contributed by atoms with Gasteiger partial charge in [0.1, 0.15) is 5.82 Å². The van der Waals surface area contributed by atoms with E-state index >= 15 is 0 Å². The quantitative estimate of drug-likeness (QED) is 0.780. The molecule has 0 aliphatic heterocycles. The molecule has 0 radical (unpaired) electrons. The highest BCUT2D eigenvalue weighted by Gasteiger charge is 2.04. The first-order chi connectivity index (χ1) is 8.25. The number of rotatable bonds is 5. The van der Waals surface area contributed by atoms with Crippen LogP contribution in [0.3, 0.4) is 0 Å². The zero-order valence-electron chi connectivity index (χ0n) is 8.95. The van der Waals surface area contributed by atoms with Crippen LogP contribution in [0.4, 0.5) is 5.82 Å². The molecule has 2 aromatic heterocycles. The maximum absolute atomic E-state index is 10.5. The van der Waals surface area contributed by atoms with Gasteiger partial charge in [0.05, 0.1) is 18.9 Å². The Labute approximate surface area is 97.1 Å². The molecule has 2 rings (SSSR count). The topological polar surface area (TPSA) is 92.9 Å². The van der Waals surface area contributed by atoms with E-state index in [-0.39, 0.29) is 5.69 Å². The summed E-state index contributed by atoms with van der Waals surface area (Å²) >= 11 is 0. The lowest BCUT2D eigenvalue weighted by Crippen LogP contribution is -2.12. The van der Waals surface area contributed by atoms with Crippen molar-refractivity contribution < 1.29 is 9.90 Å². The van der Waals surface area contributed by atoms with Crippen molar-refractivity contribution in [2.24, 2.45) is 0 Å². The molecule has 0 aliphatic rings. The number of nitrogens with one attached hydrogen (secondary N) is 1. The van der Waals surface area contributed by atoms with E-state index in [0.717, 1.165) is 0 Å². The van der Waals surface area contributed by atoms with Crippen molar-refractivity contribution in [3.8, 4) is 0 Å². The molecular weight excluding hydrogens is 222 g/mol. The molecule has 0 spiro atoms. The Morgan fingerprint density at radius 2 is 2.29 bits per heavy atom. The Hall–Kier alpha value is -2.44. The van der Waals surface area contributed by atoms with Crippen molar-refractivity contribution in [2.45, 2.75) is 6.54 Å². The van der Waals surface area contributed by atoms with E-state index < -0.39 is 5.97 Å². The maximum atomic E-state index is 10.5. The molecule has 0 aromatic carbocycles. The van der Waals surface area contributed by atoms with Crippen LogP contribution in [0.25, 0.3) is 0 Å². The van der Waals surface area contributed by atoms with Gasteiger partial charge in [0.2, 0.25) is 0 Å². The van der Waals surface area contributed by atoms with Gasteiger partial charge in [-0.15, -0.1) is 0 Å². The van der Waals surface area contributed by atoms with Gasteiger partial charge in [-0.05, 0) is 6.07 Å². The number of carbonyl (C=O) groups is 1. The minimum atomic E-state index is -1.08. The predicted octanol–water partition coefficient (Wildman–Crippen LogP) is 0.483. The SMILES string of the molecule is O=C(O)c1cnc(NCCn2cccn2)cn1. The third kappa shape index (κ3) is 3.00. The molecule has 0 amide bonds. The van der Waals surface area contributed by atoms with Crippen LogP contribution in [-0.2, 0) is 6.54 Å². The van der Waals surface area contributed by atoms with E-state index in [2.05, 4.69) is 20.4 Å². The van der Waals surface area contributed by atoms with E-state index in [1.807, 2.05) is 12.3 Å².